The standard InChI is InChI=1S/C20H24N4O2/c1-22(2)14-17(12-21)20(25)19-11-16-5-4-15(10-18(16)23(19)3)13-24-6-8-26-9-7-24/h4-5,10-11,14H,6-9,13H2,1-3H3/b17-14+. The number of aryl methyl sites for hydroxylation is 1. The minimum absolute atomic E-state index is 0.134. The monoisotopic (exact) mass is 352 g/mol. The van der Waals surface area contributed by atoms with E-state index in [1.807, 2.05) is 29.8 Å². The second-order valence-corrected chi connectivity index (χ2v) is 6.82. The summed E-state index contributed by atoms with van der Waals surface area (Å²) >= 11 is 0. The Balaban J connectivity index is 1.90. The maximum absolute atomic E-state index is 12.7. The molecule has 1 aromatic heterocycles. The highest BCUT2D eigenvalue weighted by Crippen LogP contribution is 2.23. The molecule has 0 unspecified atom stereocenters. The summed E-state index contributed by atoms with van der Waals surface area (Å²) in [6, 6.07) is 10.1. The number of ether oxygens (including phenoxy) is 1. The fourth-order valence-electron chi connectivity index (χ4n) is 3.24. The van der Waals surface area contributed by atoms with Gasteiger partial charge in [-0.25, -0.2) is 0 Å². The summed E-state index contributed by atoms with van der Waals surface area (Å²) in [4.78, 5) is 16.8. The highest BCUT2D eigenvalue weighted by molar-refractivity contribution is 6.12. The SMILES string of the molecule is CN(C)/C=C(\C#N)C(=O)c1cc2ccc(CN3CCOCC3)cc2n1C. The first kappa shape index (κ1) is 18.2. The summed E-state index contributed by atoms with van der Waals surface area (Å²) < 4.78 is 7.27. The minimum atomic E-state index is -0.255. The van der Waals surface area contributed by atoms with Crippen molar-refractivity contribution < 1.29 is 9.53 Å². The van der Waals surface area contributed by atoms with Gasteiger partial charge in [-0.05, 0) is 17.7 Å². The molecule has 6 nitrogen and oxygen atoms in total. The highest BCUT2D eigenvalue weighted by Gasteiger charge is 2.18. The van der Waals surface area contributed by atoms with Crippen molar-refractivity contribution in [3.05, 3.63) is 47.3 Å². The number of Topliss-reactive ketones (excluding diaryl/α,β-unsaturated/α-hetero) is 1. The average Bonchev–Trinajstić information content (AvgIpc) is 2.96. The van der Waals surface area contributed by atoms with E-state index < -0.39 is 0 Å². The first-order chi connectivity index (χ1) is 12.5. The smallest absolute Gasteiger partial charge is 0.221 e. The Morgan fingerprint density at radius 2 is 2.04 bits per heavy atom. The van der Waals surface area contributed by atoms with Crippen LogP contribution in [-0.4, -0.2) is 60.5 Å². The molecule has 0 saturated carbocycles. The third kappa shape index (κ3) is 3.79. The number of carbonyl (C=O) groups is 1. The number of nitriles is 1. The molecule has 0 radical (unpaired) electrons. The van der Waals surface area contributed by atoms with Crippen LogP contribution in [0.3, 0.4) is 0 Å². The van der Waals surface area contributed by atoms with Gasteiger partial charge in [0.05, 0.1) is 18.9 Å². The molecule has 0 spiro atoms. The number of benzene rings is 1. The van der Waals surface area contributed by atoms with Gasteiger partial charge in [0.15, 0.2) is 0 Å². The third-order valence-corrected chi connectivity index (χ3v) is 4.60. The van der Waals surface area contributed by atoms with E-state index in [2.05, 4.69) is 17.0 Å². The van der Waals surface area contributed by atoms with E-state index in [-0.39, 0.29) is 11.4 Å². The van der Waals surface area contributed by atoms with Crippen molar-refractivity contribution >= 4 is 16.7 Å². The van der Waals surface area contributed by atoms with Crippen LogP contribution in [0.4, 0.5) is 0 Å². The van der Waals surface area contributed by atoms with E-state index >= 15 is 0 Å². The molecule has 0 aliphatic carbocycles. The van der Waals surface area contributed by atoms with Gasteiger partial charge in [-0.15, -0.1) is 0 Å². The molecular formula is C20H24N4O2. The maximum Gasteiger partial charge on any atom is 0.221 e. The molecule has 2 aromatic rings. The second kappa shape index (κ2) is 7.73. The Morgan fingerprint density at radius 3 is 2.69 bits per heavy atom. The zero-order valence-electron chi connectivity index (χ0n) is 15.5. The summed E-state index contributed by atoms with van der Waals surface area (Å²) in [5.74, 6) is -0.255. The summed E-state index contributed by atoms with van der Waals surface area (Å²) in [7, 11) is 5.47. The number of aromatic nitrogens is 1. The summed E-state index contributed by atoms with van der Waals surface area (Å²) in [6.07, 6.45) is 1.56. The van der Waals surface area contributed by atoms with Crippen molar-refractivity contribution in [1.29, 1.82) is 5.26 Å². The minimum Gasteiger partial charge on any atom is -0.382 e. The van der Waals surface area contributed by atoms with Crippen molar-refractivity contribution in [2.45, 2.75) is 6.54 Å². The molecule has 26 heavy (non-hydrogen) atoms. The van der Waals surface area contributed by atoms with Crippen LogP contribution in [0, 0.1) is 11.3 Å². The number of morpholine rings is 1. The fourth-order valence-corrected chi connectivity index (χ4v) is 3.24. The molecule has 1 aromatic carbocycles. The number of ketones is 1. The first-order valence-corrected chi connectivity index (χ1v) is 8.71. The largest absolute Gasteiger partial charge is 0.382 e. The Kier molecular flexibility index (Phi) is 5.40. The van der Waals surface area contributed by atoms with Gasteiger partial charge in [-0.2, -0.15) is 5.26 Å². The Bertz CT molecular complexity index is 883. The van der Waals surface area contributed by atoms with Gasteiger partial charge < -0.3 is 14.2 Å². The number of rotatable bonds is 5. The predicted molar refractivity (Wildman–Crippen MR) is 101 cm³/mol. The number of nitrogens with zero attached hydrogens (tertiary/aromatic N) is 4. The molecule has 6 heteroatoms. The van der Waals surface area contributed by atoms with Crippen LogP contribution in [0.15, 0.2) is 36.0 Å². The summed E-state index contributed by atoms with van der Waals surface area (Å²) in [6.45, 7) is 4.31. The third-order valence-electron chi connectivity index (χ3n) is 4.60. The molecule has 0 bridgehead atoms. The lowest BCUT2D eigenvalue weighted by Gasteiger charge is -2.26. The summed E-state index contributed by atoms with van der Waals surface area (Å²) in [5, 5.41) is 10.3. The van der Waals surface area contributed by atoms with Gasteiger partial charge in [0.2, 0.25) is 5.78 Å². The van der Waals surface area contributed by atoms with Gasteiger partial charge in [0, 0.05) is 57.9 Å². The molecule has 0 N–H and O–H groups in total. The van der Waals surface area contributed by atoms with Gasteiger partial charge in [-0.1, -0.05) is 12.1 Å². The summed E-state index contributed by atoms with van der Waals surface area (Å²) in [5.41, 5.74) is 2.87. The average molecular weight is 352 g/mol. The van der Waals surface area contributed by atoms with Crippen LogP contribution in [0.1, 0.15) is 16.1 Å². The van der Waals surface area contributed by atoms with Crippen LogP contribution in [0.5, 0.6) is 0 Å². The molecule has 136 valence electrons. The van der Waals surface area contributed by atoms with Crippen molar-refractivity contribution in [2.75, 3.05) is 40.4 Å². The van der Waals surface area contributed by atoms with E-state index in [0.717, 1.165) is 43.8 Å². The van der Waals surface area contributed by atoms with Gasteiger partial charge in [0.25, 0.3) is 0 Å². The highest BCUT2D eigenvalue weighted by atomic mass is 16.5. The Morgan fingerprint density at radius 1 is 1.31 bits per heavy atom. The van der Waals surface area contributed by atoms with E-state index in [9.17, 15) is 10.1 Å². The van der Waals surface area contributed by atoms with Crippen molar-refractivity contribution in [3.8, 4) is 6.07 Å². The Hall–Kier alpha value is -2.62. The lowest BCUT2D eigenvalue weighted by molar-refractivity contribution is 0.0342. The normalized spacial score (nSPS) is 15.8. The predicted octanol–water partition coefficient (Wildman–Crippen LogP) is 2.16. The molecule has 2 heterocycles. The van der Waals surface area contributed by atoms with Crippen LogP contribution >= 0.6 is 0 Å². The van der Waals surface area contributed by atoms with Crippen LogP contribution in [-0.2, 0) is 18.3 Å². The number of fused-ring (bicyclic) bond motifs is 1. The van der Waals surface area contributed by atoms with Gasteiger partial charge in [-0.3, -0.25) is 9.69 Å². The quantitative estimate of drug-likeness (QED) is 0.469. The molecule has 0 atom stereocenters. The number of allylic oxidation sites excluding steroid dienone is 1. The zero-order chi connectivity index (χ0) is 18.7. The van der Waals surface area contributed by atoms with Crippen molar-refractivity contribution in [2.24, 2.45) is 7.05 Å². The number of hydrogen-bond acceptors (Lipinski definition) is 5. The van der Waals surface area contributed by atoms with Crippen molar-refractivity contribution in [1.82, 2.24) is 14.4 Å². The lowest BCUT2D eigenvalue weighted by atomic mass is 10.1. The molecule has 1 saturated heterocycles. The molecule has 1 aliphatic heterocycles. The fraction of sp³-hybridized carbons (Fsp3) is 0.400. The first-order valence-electron chi connectivity index (χ1n) is 8.71. The van der Waals surface area contributed by atoms with E-state index in [1.54, 1.807) is 25.2 Å². The molecule has 1 aliphatic rings. The van der Waals surface area contributed by atoms with E-state index in [4.69, 9.17) is 4.74 Å². The van der Waals surface area contributed by atoms with Crippen LogP contribution < -0.4 is 0 Å². The number of hydrogen-bond donors (Lipinski definition) is 0. The topological polar surface area (TPSA) is 61.5 Å². The van der Waals surface area contributed by atoms with Gasteiger partial charge in [0.1, 0.15) is 11.6 Å². The second-order valence-electron chi connectivity index (χ2n) is 6.82. The van der Waals surface area contributed by atoms with Crippen LogP contribution in [0.25, 0.3) is 10.9 Å². The lowest BCUT2D eigenvalue weighted by Crippen LogP contribution is -2.35. The molecule has 0 amide bonds. The van der Waals surface area contributed by atoms with E-state index in [0.29, 0.717) is 5.69 Å². The van der Waals surface area contributed by atoms with E-state index in [1.165, 1.54) is 5.56 Å². The molecular weight excluding hydrogens is 328 g/mol. The number of carbonyl (C=O) groups excluding carboxylic acids is 1. The molecule has 3 rings (SSSR count). The zero-order valence-corrected chi connectivity index (χ0v) is 15.5. The van der Waals surface area contributed by atoms with Crippen molar-refractivity contribution in [3.63, 3.8) is 0 Å². The Labute approximate surface area is 153 Å². The molecule has 1 fully saturated rings. The van der Waals surface area contributed by atoms with Gasteiger partial charge >= 0.3 is 0 Å². The maximum atomic E-state index is 12.7. The van der Waals surface area contributed by atoms with Crippen LogP contribution in [0.2, 0.25) is 0 Å².